The standard InChI is InChI=1S/C13H17BrN2O/c1-9-5-4-8-15-12(9)13(17)16-11-7-3-2-6-10(11)14/h4-5,8,10-11H,2-3,6-7H2,1H3,(H,16,17). The molecule has 3 nitrogen and oxygen atoms in total. The summed E-state index contributed by atoms with van der Waals surface area (Å²) in [7, 11) is 0. The van der Waals surface area contributed by atoms with Crippen molar-refractivity contribution in [1.29, 1.82) is 0 Å². The van der Waals surface area contributed by atoms with Crippen LogP contribution < -0.4 is 5.32 Å². The van der Waals surface area contributed by atoms with Crippen LogP contribution in [0, 0.1) is 6.92 Å². The molecule has 0 bridgehead atoms. The van der Waals surface area contributed by atoms with Gasteiger partial charge in [0.25, 0.3) is 5.91 Å². The monoisotopic (exact) mass is 296 g/mol. The predicted octanol–water partition coefficient (Wildman–Crippen LogP) is 2.83. The minimum Gasteiger partial charge on any atom is -0.347 e. The largest absolute Gasteiger partial charge is 0.347 e. The molecule has 0 spiro atoms. The van der Waals surface area contributed by atoms with E-state index in [4.69, 9.17) is 0 Å². The van der Waals surface area contributed by atoms with E-state index < -0.39 is 0 Å². The second-order valence-electron chi connectivity index (χ2n) is 4.55. The maximum atomic E-state index is 12.1. The SMILES string of the molecule is Cc1cccnc1C(=O)NC1CCCCC1Br. The predicted molar refractivity (Wildman–Crippen MR) is 71.4 cm³/mol. The Morgan fingerprint density at radius 2 is 2.24 bits per heavy atom. The highest BCUT2D eigenvalue weighted by Gasteiger charge is 2.25. The summed E-state index contributed by atoms with van der Waals surface area (Å²) in [5.74, 6) is -0.0561. The van der Waals surface area contributed by atoms with Crippen LogP contribution >= 0.6 is 15.9 Å². The molecule has 1 heterocycles. The molecule has 0 aliphatic heterocycles. The molecule has 2 atom stereocenters. The molecular weight excluding hydrogens is 280 g/mol. The number of rotatable bonds is 2. The maximum Gasteiger partial charge on any atom is 0.270 e. The Balaban J connectivity index is 2.04. The van der Waals surface area contributed by atoms with Gasteiger partial charge in [-0.3, -0.25) is 9.78 Å². The van der Waals surface area contributed by atoms with Gasteiger partial charge in [0, 0.05) is 17.1 Å². The first-order valence-corrected chi connectivity index (χ1v) is 6.96. The van der Waals surface area contributed by atoms with Gasteiger partial charge in [-0.2, -0.15) is 0 Å². The van der Waals surface area contributed by atoms with Crippen LogP contribution in [-0.2, 0) is 0 Å². The van der Waals surface area contributed by atoms with Gasteiger partial charge in [-0.05, 0) is 31.4 Å². The minimum absolute atomic E-state index is 0.0561. The summed E-state index contributed by atoms with van der Waals surface area (Å²) in [6.45, 7) is 1.91. The van der Waals surface area contributed by atoms with Crippen molar-refractivity contribution in [1.82, 2.24) is 10.3 Å². The molecule has 1 aliphatic carbocycles. The van der Waals surface area contributed by atoms with Crippen LogP contribution in [0.25, 0.3) is 0 Å². The Morgan fingerprint density at radius 1 is 1.47 bits per heavy atom. The Kier molecular flexibility index (Phi) is 4.15. The third-order valence-electron chi connectivity index (χ3n) is 3.22. The van der Waals surface area contributed by atoms with Crippen molar-refractivity contribution in [3.05, 3.63) is 29.6 Å². The topological polar surface area (TPSA) is 42.0 Å². The normalized spacial score (nSPS) is 24.4. The number of amides is 1. The zero-order valence-corrected chi connectivity index (χ0v) is 11.5. The van der Waals surface area contributed by atoms with E-state index in [0.717, 1.165) is 18.4 Å². The molecule has 1 aromatic heterocycles. The summed E-state index contributed by atoms with van der Waals surface area (Å²) in [6, 6.07) is 3.99. The van der Waals surface area contributed by atoms with Gasteiger partial charge in [-0.25, -0.2) is 0 Å². The number of pyridine rings is 1. The van der Waals surface area contributed by atoms with Crippen LogP contribution in [-0.4, -0.2) is 21.8 Å². The number of aryl methyl sites for hydroxylation is 1. The van der Waals surface area contributed by atoms with Crippen molar-refractivity contribution < 1.29 is 4.79 Å². The minimum atomic E-state index is -0.0561. The number of carbonyl (C=O) groups is 1. The lowest BCUT2D eigenvalue weighted by molar-refractivity contribution is 0.0924. The number of carbonyl (C=O) groups excluding carboxylic acids is 1. The van der Waals surface area contributed by atoms with Gasteiger partial charge < -0.3 is 5.32 Å². The summed E-state index contributed by atoms with van der Waals surface area (Å²) < 4.78 is 0. The molecule has 1 fully saturated rings. The smallest absolute Gasteiger partial charge is 0.270 e. The molecule has 1 aromatic rings. The Labute approximate surface area is 110 Å². The molecule has 1 amide bonds. The number of halogens is 1. The molecule has 92 valence electrons. The average Bonchev–Trinajstić information content (AvgIpc) is 2.32. The number of alkyl halides is 1. The third kappa shape index (κ3) is 3.06. The molecule has 17 heavy (non-hydrogen) atoms. The Bertz CT molecular complexity index is 408. The van der Waals surface area contributed by atoms with E-state index in [1.165, 1.54) is 12.8 Å². The van der Waals surface area contributed by atoms with Crippen molar-refractivity contribution in [2.24, 2.45) is 0 Å². The first-order valence-electron chi connectivity index (χ1n) is 6.05. The lowest BCUT2D eigenvalue weighted by Gasteiger charge is -2.28. The first-order chi connectivity index (χ1) is 8.18. The van der Waals surface area contributed by atoms with Crippen LogP contribution in [0.1, 0.15) is 41.7 Å². The zero-order valence-electron chi connectivity index (χ0n) is 9.95. The van der Waals surface area contributed by atoms with Gasteiger partial charge in [0.1, 0.15) is 5.69 Å². The summed E-state index contributed by atoms with van der Waals surface area (Å²) in [5, 5.41) is 3.08. The zero-order chi connectivity index (χ0) is 12.3. The number of aromatic nitrogens is 1. The average molecular weight is 297 g/mol. The van der Waals surface area contributed by atoms with Gasteiger partial charge in [0.15, 0.2) is 0 Å². The van der Waals surface area contributed by atoms with Gasteiger partial charge >= 0.3 is 0 Å². The lowest BCUT2D eigenvalue weighted by Crippen LogP contribution is -2.43. The highest BCUT2D eigenvalue weighted by molar-refractivity contribution is 9.09. The lowest BCUT2D eigenvalue weighted by atomic mass is 9.95. The second-order valence-corrected chi connectivity index (χ2v) is 5.73. The van der Waals surface area contributed by atoms with Gasteiger partial charge in [0.2, 0.25) is 0 Å². The molecule has 1 N–H and O–H groups in total. The molecule has 0 radical (unpaired) electrons. The van der Waals surface area contributed by atoms with E-state index in [1.54, 1.807) is 6.20 Å². The third-order valence-corrected chi connectivity index (χ3v) is 4.32. The highest BCUT2D eigenvalue weighted by Crippen LogP contribution is 2.24. The highest BCUT2D eigenvalue weighted by atomic mass is 79.9. The van der Waals surface area contributed by atoms with Crippen molar-refractivity contribution in [2.45, 2.75) is 43.5 Å². The Morgan fingerprint density at radius 3 is 2.94 bits per heavy atom. The van der Waals surface area contributed by atoms with Gasteiger partial charge in [-0.15, -0.1) is 0 Å². The number of nitrogens with one attached hydrogen (secondary N) is 1. The fraction of sp³-hybridized carbons (Fsp3) is 0.538. The number of hydrogen-bond donors (Lipinski definition) is 1. The summed E-state index contributed by atoms with van der Waals surface area (Å²) in [5.41, 5.74) is 1.46. The fourth-order valence-electron chi connectivity index (χ4n) is 2.21. The fourth-order valence-corrected chi connectivity index (χ4v) is 2.93. The summed E-state index contributed by atoms with van der Waals surface area (Å²) in [6.07, 6.45) is 6.27. The van der Waals surface area contributed by atoms with Crippen molar-refractivity contribution in [3.8, 4) is 0 Å². The molecule has 2 rings (SSSR count). The van der Waals surface area contributed by atoms with Crippen molar-refractivity contribution >= 4 is 21.8 Å². The van der Waals surface area contributed by atoms with Crippen LogP contribution in [0.15, 0.2) is 18.3 Å². The molecular formula is C13H17BrN2O. The van der Waals surface area contributed by atoms with Gasteiger partial charge in [0.05, 0.1) is 0 Å². The molecule has 1 aliphatic rings. The maximum absolute atomic E-state index is 12.1. The van der Waals surface area contributed by atoms with Crippen LogP contribution in [0.2, 0.25) is 0 Å². The van der Waals surface area contributed by atoms with E-state index in [-0.39, 0.29) is 11.9 Å². The van der Waals surface area contributed by atoms with Crippen LogP contribution in [0.4, 0.5) is 0 Å². The molecule has 0 aromatic carbocycles. The Hall–Kier alpha value is -0.900. The summed E-state index contributed by atoms with van der Waals surface area (Å²) in [4.78, 5) is 16.6. The number of nitrogens with zero attached hydrogens (tertiary/aromatic N) is 1. The molecule has 0 saturated heterocycles. The number of hydrogen-bond acceptors (Lipinski definition) is 2. The molecule has 2 unspecified atom stereocenters. The van der Waals surface area contributed by atoms with E-state index in [1.807, 2.05) is 19.1 Å². The van der Waals surface area contributed by atoms with E-state index in [2.05, 4.69) is 26.2 Å². The van der Waals surface area contributed by atoms with E-state index >= 15 is 0 Å². The van der Waals surface area contributed by atoms with E-state index in [9.17, 15) is 4.79 Å². The van der Waals surface area contributed by atoms with Crippen molar-refractivity contribution in [3.63, 3.8) is 0 Å². The molecule has 4 heteroatoms. The quantitative estimate of drug-likeness (QED) is 0.853. The first kappa shape index (κ1) is 12.6. The van der Waals surface area contributed by atoms with Crippen molar-refractivity contribution in [2.75, 3.05) is 0 Å². The second kappa shape index (κ2) is 5.63. The molecule has 1 saturated carbocycles. The summed E-state index contributed by atoms with van der Waals surface area (Å²) >= 11 is 3.64. The van der Waals surface area contributed by atoms with E-state index in [0.29, 0.717) is 10.5 Å². The van der Waals surface area contributed by atoms with Crippen LogP contribution in [0.5, 0.6) is 0 Å². The van der Waals surface area contributed by atoms with Crippen LogP contribution in [0.3, 0.4) is 0 Å². The van der Waals surface area contributed by atoms with Gasteiger partial charge in [-0.1, -0.05) is 34.8 Å².